The lowest BCUT2D eigenvalue weighted by Gasteiger charge is -2.51. The minimum atomic E-state index is -0.187. The molecule has 3 nitrogen and oxygen atoms in total. The molecule has 0 aromatic carbocycles. The molecule has 2 atom stereocenters. The molecule has 0 spiro atoms. The highest BCUT2D eigenvalue weighted by Crippen LogP contribution is 2.48. The van der Waals surface area contributed by atoms with E-state index in [1.165, 1.54) is 0 Å². The molecule has 0 aromatic heterocycles. The predicted octanol–water partition coefficient (Wildman–Crippen LogP) is 1.87. The minimum Gasteiger partial charge on any atom is -0.350 e. The van der Waals surface area contributed by atoms with Crippen LogP contribution in [0.25, 0.3) is 0 Å². The zero-order valence-corrected chi connectivity index (χ0v) is 7.92. The topological polar surface area (TPSA) is 27.7 Å². The highest BCUT2D eigenvalue weighted by Gasteiger charge is 2.51. The van der Waals surface area contributed by atoms with Crippen LogP contribution in [0.5, 0.6) is 0 Å². The predicted molar refractivity (Wildman–Crippen MR) is 43.3 cm³/mol. The van der Waals surface area contributed by atoms with Crippen molar-refractivity contribution < 1.29 is 14.5 Å². The van der Waals surface area contributed by atoms with Gasteiger partial charge in [-0.15, -0.1) is 0 Å². The van der Waals surface area contributed by atoms with Crippen LogP contribution < -0.4 is 0 Å². The van der Waals surface area contributed by atoms with Crippen LogP contribution in [-0.2, 0) is 14.5 Å². The van der Waals surface area contributed by atoms with E-state index in [4.69, 9.17) is 14.5 Å². The van der Waals surface area contributed by atoms with Gasteiger partial charge in [-0.05, 0) is 20.3 Å². The molecule has 0 aliphatic carbocycles. The first-order chi connectivity index (χ1) is 5.54. The van der Waals surface area contributed by atoms with Crippen molar-refractivity contribution in [3.63, 3.8) is 0 Å². The molecule has 0 N–H and O–H groups in total. The maximum Gasteiger partial charge on any atom is 0.191 e. The zero-order valence-electron chi connectivity index (χ0n) is 7.92. The first-order valence-corrected chi connectivity index (χ1v) is 4.50. The second-order valence-corrected chi connectivity index (χ2v) is 4.51. The summed E-state index contributed by atoms with van der Waals surface area (Å²) in [6, 6.07) is 0. The van der Waals surface area contributed by atoms with E-state index < -0.39 is 0 Å². The molecule has 2 fully saturated rings. The molecular formula is C9H16O3. The van der Waals surface area contributed by atoms with Crippen molar-refractivity contribution in [2.45, 2.75) is 45.5 Å². The average Bonchev–Trinajstić information content (AvgIpc) is 1.99. The molecule has 2 saturated heterocycles. The molecule has 0 amide bonds. The van der Waals surface area contributed by atoms with Crippen LogP contribution in [0.15, 0.2) is 0 Å². The maximum absolute atomic E-state index is 5.36. The summed E-state index contributed by atoms with van der Waals surface area (Å²) in [5.41, 5.74) is 0.0153. The quantitative estimate of drug-likeness (QED) is 0.522. The number of ether oxygens (including phenoxy) is 1. The number of fused-ring (bicyclic) bond motifs is 2. The number of hydrogen-bond acceptors (Lipinski definition) is 3. The lowest BCUT2D eigenvalue weighted by atomic mass is 9.69. The summed E-state index contributed by atoms with van der Waals surface area (Å²) in [5.74, 6) is 0. The van der Waals surface area contributed by atoms with E-state index in [0.29, 0.717) is 0 Å². The summed E-state index contributed by atoms with van der Waals surface area (Å²) < 4.78 is 5.36. The van der Waals surface area contributed by atoms with Crippen LogP contribution in [0.2, 0.25) is 0 Å². The van der Waals surface area contributed by atoms with Crippen molar-refractivity contribution in [1.29, 1.82) is 0 Å². The minimum absolute atomic E-state index is 0.142. The van der Waals surface area contributed by atoms with E-state index in [1.54, 1.807) is 0 Å². The summed E-state index contributed by atoms with van der Waals surface area (Å²) in [6.45, 7) is 7.18. The summed E-state index contributed by atoms with van der Waals surface area (Å²) in [4.78, 5) is 10.4. The van der Waals surface area contributed by atoms with E-state index in [2.05, 4.69) is 20.8 Å². The second kappa shape index (κ2) is 2.44. The zero-order chi connectivity index (χ0) is 8.82. The van der Waals surface area contributed by atoms with Gasteiger partial charge >= 0.3 is 0 Å². The molecular weight excluding hydrogens is 156 g/mol. The third-order valence-corrected chi connectivity index (χ3v) is 3.39. The van der Waals surface area contributed by atoms with E-state index in [-0.39, 0.29) is 17.3 Å². The Bertz CT molecular complexity index is 190. The van der Waals surface area contributed by atoms with Crippen molar-refractivity contribution in [2.75, 3.05) is 6.61 Å². The average molecular weight is 172 g/mol. The van der Waals surface area contributed by atoms with Crippen LogP contribution in [-0.4, -0.2) is 18.5 Å². The van der Waals surface area contributed by atoms with E-state index >= 15 is 0 Å². The lowest BCUT2D eigenvalue weighted by Crippen LogP contribution is -2.54. The molecule has 0 unspecified atom stereocenters. The Kier molecular flexibility index (Phi) is 1.72. The second-order valence-electron chi connectivity index (χ2n) is 4.51. The smallest absolute Gasteiger partial charge is 0.191 e. The van der Waals surface area contributed by atoms with E-state index in [0.717, 1.165) is 19.4 Å². The summed E-state index contributed by atoms with van der Waals surface area (Å²) in [6.07, 6.45) is 1.86. The first-order valence-electron chi connectivity index (χ1n) is 4.50. The molecule has 0 aromatic rings. The third kappa shape index (κ3) is 1.08. The van der Waals surface area contributed by atoms with Gasteiger partial charge in [0.05, 0.1) is 6.61 Å². The maximum atomic E-state index is 5.36. The molecule has 2 heterocycles. The van der Waals surface area contributed by atoms with Gasteiger partial charge in [-0.2, -0.15) is 0 Å². The van der Waals surface area contributed by atoms with Gasteiger partial charge in [0.25, 0.3) is 0 Å². The molecule has 0 saturated carbocycles. The van der Waals surface area contributed by atoms with Crippen molar-refractivity contribution >= 4 is 0 Å². The molecule has 2 aliphatic heterocycles. The highest BCUT2D eigenvalue weighted by molar-refractivity contribution is 4.94. The fourth-order valence-electron chi connectivity index (χ4n) is 1.83. The van der Waals surface area contributed by atoms with Gasteiger partial charge in [0.2, 0.25) is 0 Å². The number of hydrogen-bond donors (Lipinski definition) is 0. The Balaban J connectivity index is 2.22. The molecule has 2 rings (SSSR count). The van der Waals surface area contributed by atoms with Crippen molar-refractivity contribution in [2.24, 2.45) is 5.41 Å². The van der Waals surface area contributed by atoms with Gasteiger partial charge in [-0.1, -0.05) is 6.92 Å². The molecule has 12 heavy (non-hydrogen) atoms. The normalized spacial score (nSPS) is 45.8. The third-order valence-electron chi connectivity index (χ3n) is 3.39. The van der Waals surface area contributed by atoms with E-state index in [1.807, 2.05) is 0 Å². The molecule has 2 bridgehead atoms. The Labute approximate surface area is 72.9 Å². The van der Waals surface area contributed by atoms with Gasteiger partial charge in [0.1, 0.15) is 5.60 Å². The first kappa shape index (κ1) is 8.48. The standard InChI is InChI=1S/C9H16O3/c1-8(2)9(3)4-5-10-7(6-9)11-12-8/h7H,4-6H2,1-3H3/t7-,9-/m1/s1. The van der Waals surface area contributed by atoms with Crippen LogP contribution in [0.4, 0.5) is 0 Å². The highest BCUT2D eigenvalue weighted by atomic mass is 17.2. The van der Waals surface area contributed by atoms with Gasteiger partial charge in [0, 0.05) is 11.8 Å². The Hall–Kier alpha value is -0.120. The summed E-state index contributed by atoms with van der Waals surface area (Å²) in [7, 11) is 0. The van der Waals surface area contributed by atoms with Crippen LogP contribution in [0.3, 0.4) is 0 Å². The molecule has 3 heteroatoms. The van der Waals surface area contributed by atoms with Crippen LogP contribution in [0, 0.1) is 5.41 Å². The largest absolute Gasteiger partial charge is 0.350 e. The fourth-order valence-corrected chi connectivity index (χ4v) is 1.83. The van der Waals surface area contributed by atoms with Gasteiger partial charge < -0.3 is 4.74 Å². The van der Waals surface area contributed by atoms with Crippen LogP contribution in [0.1, 0.15) is 33.6 Å². The summed E-state index contributed by atoms with van der Waals surface area (Å²) in [5, 5.41) is 0. The Morgan fingerprint density at radius 1 is 1.25 bits per heavy atom. The fraction of sp³-hybridized carbons (Fsp3) is 1.00. The Morgan fingerprint density at radius 2 is 2.00 bits per heavy atom. The summed E-state index contributed by atoms with van der Waals surface area (Å²) >= 11 is 0. The van der Waals surface area contributed by atoms with Gasteiger partial charge in [-0.25, -0.2) is 9.78 Å². The van der Waals surface area contributed by atoms with E-state index in [9.17, 15) is 0 Å². The van der Waals surface area contributed by atoms with Crippen molar-refractivity contribution in [1.82, 2.24) is 0 Å². The van der Waals surface area contributed by atoms with Crippen molar-refractivity contribution in [3.8, 4) is 0 Å². The van der Waals surface area contributed by atoms with Gasteiger partial charge in [-0.3, -0.25) is 0 Å². The Morgan fingerprint density at radius 3 is 2.67 bits per heavy atom. The van der Waals surface area contributed by atoms with Gasteiger partial charge in [0.15, 0.2) is 6.29 Å². The SMILES string of the molecule is CC1(C)OO[C@@H]2C[C@@]1(C)CCO2. The lowest BCUT2D eigenvalue weighted by molar-refractivity contribution is -0.483. The number of rotatable bonds is 0. The molecule has 70 valence electrons. The van der Waals surface area contributed by atoms with Crippen molar-refractivity contribution in [3.05, 3.63) is 0 Å². The monoisotopic (exact) mass is 172 g/mol. The molecule has 0 radical (unpaired) electrons. The van der Waals surface area contributed by atoms with Crippen LogP contribution >= 0.6 is 0 Å². The molecule has 2 aliphatic rings.